The van der Waals surface area contributed by atoms with E-state index in [0.29, 0.717) is 13.0 Å². The average Bonchev–Trinajstić information content (AvgIpc) is 2.98. The highest BCUT2D eigenvalue weighted by atomic mass is 16.6. The average molecular weight is 367 g/mol. The number of fused-ring (bicyclic) bond motifs is 3. The third-order valence-corrected chi connectivity index (χ3v) is 5.55. The Kier molecular flexibility index (Phi) is 4.66. The van der Waals surface area contributed by atoms with E-state index in [2.05, 4.69) is 24.3 Å². The smallest absolute Gasteiger partial charge is 0.409 e. The van der Waals surface area contributed by atoms with Crippen LogP contribution in [0.1, 0.15) is 30.4 Å². The summed E-state index contributed by atoms with van der Waals surface area (Å²) in [7, 11) is 1.60. The Morgan fingerprint density at radius 1 is 1.15 bits per heavy atom. The second-order valence-electron chi connectivity index (χ2n) is 7.74. The number of carbonyl (C=O) groups excluding carboxylic acids is 1. The molecule has 5 nitrogen and oxygen atoms in total. The molecule has 1 heterocycles. The summed E-state index contributed by atoms with van der Waals surface area (Å²) in [5, 5.41) is 10.4. The zero-order chi connectivity index (χ0) is 19.0. The predicted octanol–water partition coefficient (Wildman–Crippen LogP) is 3.41. The maximum absolute atomic E-state index is 12.7. The number of ether oxygens (including phenoxy) is 2. The number of benzene rings is 2. The van der Waals surface area contributed by atoms with Crippen LogP contribution in [0.25, 0.3) is 11.1 Å². The number of methoxy groups -OCH3 is 1. The molecule has 1 amide bonds. The molecule has 1 N–H and O–H groups in total. The van der Waals surface area contributed by atoms with Gasteiger partial charge in [0.15, 0.2) is 0 Å². The van der Waals surface area contributed by atoms with Gasteiger partial charge in [-0.3, -0.25) is 0 Å². The van der Waals surface area contributed by atoms with E-state index in [-0.39, 0.29) is 25.2 Å². The van der Waals surface area contributed by atoms with Gasteiger partial charge < -0.3 is 19.5 Å². The predicted molar refractivity (Wildman–Crippen MR) is 103 cm³/mol. The van der Waals surface area contributed by atoms with Crippen molar-refractivity contribution < 1.29 is 19.4 Å². The van der Waals surface area contributed by atoms with Gasteiger partial charge in [0.05, 0.1) is 24.8 Å². The molecule has 1 aliphatic heterocycles. The van der Waals surface area contributed by atoms with Crippen molar-refractivity contribution >= 4 is 6.09 Å². The molecular formula is C22H25NO4. The van der Waals surface area contributed by atoms with Crippen molar-refractivity contribution in [3.63, 3.8) is 0 Å². The molecule has 0 saturated carbocycles. The molecule has 5 heteroatoms. The molecule has 0 radical (unpaired) electrons. The van der Waals surface area contributed by atoms with E-state index < -0.39 is 11.7 Å². The molecule has 1 fully saturated rings. The fourth-order valence-corrected chi connectivity index (χ4v) is 4.32. The first-order chi connectivity index (χ1) is 13.0. The molecule has 27 heavy (non-hydrogen) atoms. The molecule has 2 aromatic rings. The fraction of sp³-hybridized carbons (Fsp3) is 0.409. The number of aliphatic hydroxyl groups is 1. The van der Waals surface area contributed by atoms with E-state index in [9.17, 15) is 9.90 Å². The van der Waals surface area contributed by atoms with Gasteiger partial charge in [0.25, 0.3) is 0 Å². The Bertz CT molecular complexity index is 802. The summed E-state index contributed by atoms with van der Waals surface area (Å²) >= 11 is 0. The molecule has 1 saturated heterocycles. The summed E-state index contributed by atoms with van der Waals surface area (Å²) < 4.78 is 11.1. The van der Waals surface area contributed by atoms with Crippen LogP contribution < -0.4 is 0 Å². The third kappa shape index (κ3) is 3.45. The van der Waals surface area contributed by atoms with Crippen LogP contribution in [0, 0.1) is 0 Å². The van der Waals surface area contributed by atoms with E-state index in [4.69, 9.17) is 9.47 Å². The zero-order valence-electron chi connectivity index (χ0n) is 15.7. The maximum atomic E-state index is 12.7. The fourth-order valence-electron chi connectivity index (χ4n) is 4.32. The quantitative estimate of drug-likeness (QED) is 0.903. The number of β-amino-alcohol motifs (C(OH)–C–C–N with tert-alkyl or cyclic N) is 1. The van der Waals surface area contributed by atoms with Crippen LogP contribution in [0.2, 0.25) is 0 Å². The Morgan fingerprint density at radius 2 is 1.74 bits per heavy atom. The number of rotatable bonds is 3. The summed E-state index contributed by atoms with van der Waals surface area (Å²) in [5.74, 6) is 0.0323. The topological polar surface area (TPSA) is 59.0 Å². The van der Waals surface area contributed by atoms with Crippen molar-refractivity contribution in [1.29, 1.82) is 0 Å². The van der Waals surface area contributed by atoms with Gasteiger partial charge in [0, 0.05) is 19.4 Å². The van der Waals surface area contributed by atoms with Crippen molar-refractivity contribution in [3.05, 3.63) is 59.7 Å². The first kappa shape index (κ1) is 18.0. The minimum Gasteiger partial charge on any atom is -0.448 e. The summed E-state index contributed by atoms with van der Waals surface area (Å²) in [6.07, 6.45) is -0.0791. The van der Waals surface area contributed by atoms with E-state index >= 15 is 0 Å². The standard InChI is InChI=1S/C22H25NO4/c1-22(25)11-15(26-2)12-23(14-22)21(24)27-13-20-18-9-5-3-7-16(18)17-8-4-6-10-19(17)20/h3-10,15,20,25H,11-14H2,1-2H3/t15-,22+/m0/s1. The van der Waals surface area contributed by atoms with Crippen molar-refractivity contribution in [2.75, 3.05) is 26.8 Å². The number of carbonyl (C=O) groups is 1. The van der Waals surface area contributed by atoms with Crippen molar-refractivity contribution in [2.45, 2.75) is 31.0 Å². The normalized spacial score (nSPS) is 24.4. The Balaban J connectivity index is 1.50. The lowest BCUT2D eigenvalue weighted by Gasteiger charge is -2.40. The highest BCUT2D eigenvalue weighted by Gasteiger charge is 2.38. The number of piperidine rings is 1. The molecule has 142 valence electrons. The minimum absolute atomic E-state index is 0.0323. The summed E-state index contributed by atoms with van der Waals surface area (Å²) in [6.45, 7) is 2.69. The van der Waals surface area contributed by atoms with Crippen LogP contribution in [0.3, 0.4) is 0 Å². The van der Waals surface area contributed by atoms with Crippen LogP contribution in [-0.2, 0) is 9.47 Å². The molecule has 0 unspecified atom stereocenters. The number of likely N-dealkylation sites (tertiary alicyclic amines) is 1. The van der Waals surface area contributed by atoms with Crippen LogP contribution >= 0.6 is 0 Å². The summed E-state index contributed by atoms with van der Waals surface area (Å²) in [5.41, 5.74) is 3.81. The Hall–Kier alpha value is -2.37. The van der Waals surface area contributed by atoms with Gasteiger partial charge in [-0.15, -0.1) is 0 Å². The van der Waals surface area contributed by atoms with Crippen LogP contribution in [-0.4, -0.2) is 54.6 Å². The summed E-state index contributed by atoms with van der Waals surface area (Å²) in [6, 6.07) is 16.5. The zero-order valence-corrected chi connectivity index (χ0v) is 15.7. The number of amides is 1. The van der Waals surface area contributed by atoms with Crippen LogP contribution in [0.4, 0.5) is 4.79 Å². The maximum Gasteiger partial charge on any atom is 0.409 e. The molecule has 0 aromatic heterocycles. The third-order valence-electron chi connectivity index (χ3n) is 5.55. The van der Waals surface area contributed by atoms with Gasteiger partial charge in [-0.1, -0.05) is 48.5 Å². The number of nitrogens with zero attached hydrogens (tertiary/aromatic N) is 1. The SMILES string of the molecule is CO[C@@H]1CN(C(=O)OCC2c3ccccc3-c3ccccc32)C[C@](C)(O)C1. The first-order valence-corrected chi connectivity index (χ1v) is 9.33. The number of hydrogen-bond donors (Lipinski definition) is 1. The molecular weight excluding hydrogens is 342 g/mol. The minimum atomic E-state index is -0.968. The van der Waals surface area contributed by atoms with Gasteiger partial charge in [-0.25, -0.2) is 4.79 Å². The van der Waals surface area contributed by atoms with E-state index in [1.807, 2.05) is 24.3 Å². The highest BCUT2D eigenvalue weighted by Crippen LogP contribution is 2.44. The largest absolute Gasteiger partial charge is 0.448 e. The highest BCUT2D eigenvalue weighted by molar-refractivity contribution is 5.79. The molecule has 1 aliphatic carbocycles. The van der Waals surface area contributed by atoms with Crippen molar-refractivity contribution in [1.82, 2.24) is 4.90 Å². The number of hydrogen-bond acceptors (Lipinski definition) is 4. The first-order valence-electron chi connectivity index (χ1n) is 9.33. The van der Waals surface area contributed by atoms with Crippen LogP contribution in [0.5, 0.6) is 0 Å². The van der Waals surface area contributed by atoms with Gasteiger partial charge in [0.2, 0.25) is 0 Å². The van der Waals surface area contributed by atoms with Gasteiger partial charge >= 0.3 is 6.09 Å². The van der Waals surface area contributed by atoms with Gasteiger partial charge in [-0.2, -0.15) is 0 Å². The molecule has 2 atom stereocenters. The lowest BCUT2D eigenvalue weighted by atomic mass is 9.93. The van der Waals surface area contributed by atoms with E-state index in [1.54, 1.807) is 18.9 Å². The molecule has 2 aliphatic rings. The van der Waals surface area contributed by atoms with Crippen molar-refractivity contribution in [3.8, 4) is 11.1 Å². The van der Waals surface area contributed by atoms with E-state index in [1.165, 1.54) is 22.3 Å². The monoisotopic (exact) mass is 367 g/mol. The molecule has 2 aromatic carbocycles. The molecule has 0 spiro atoms. The summed E-state index contributed by atoms with van der Waals surface area (Å²) in [4.78, 5) is 14.2. The van der Waals surface area contributed by atoms with Gasteiger partial charge in [0.1, 0.15) is 6.61 Å². The molecule has 4 rings (SSSR count). The lowest BCUT2D eigenvalue weighted by Crippen LogP contribution is -2.54. The lowest BCUT2D eigenvalue weighted by molar-refractivity contribution is -0.0767. The van der Waals surface area contributed by atoms with Gasteiger partial charge in [-0.05, 0) is 29.2 Å². The molecule has 0 bridgehead atoms. The second-order valence-corrected chi connectivity index (χ2v) is 7.74. The Labute approximate surface area is 159 Å². The second kappa shape index (κ2) is 6.98. The Morgan fingerprint density at radius 3 is 2.33 bits per heavy atom. The van der Waals surface area contributed by atoms with Crippen molar-refractivity contribution in [2.24, 2.45) is 0 Å². The van der Waals surface area contributed by atoms with E-state index in [0.717, 1.165) is 0 Å². The van der Waals surface area contributed by atoms with Crippen LogP contribution in [0.15, 0.2) is 48.5 Å².